The molecule has 5 heteroatoms. The monoisotopic (exact) mass is 272 g/mol. The van der Waals surface area contributed by atoms with Crippen LogP contribution >= 0.6 is 0 Å². The van der Waals surface area contributed by atoms with Crippen molar-refractivity contribution in [1.82, 2.24) is 9.55 Å². The molecule has 2 rings (SSSR count). The lowest BCUT2D eigenvalue weighted by Crippen LogP contribution is -2.13. The molecule has 0 saturated carbocycles. The third-order valence-corrected chi connectivity index (χ3v) is 3.07. The number of aromatic nitrogens is 2. The number of primary amides is 1. The molecule has 106 valence electrons. The Bertz CT molecular complexity index is 560. The second-order valence-corrected chi connectivity index (χ2v) is 4.77. The molecular formula is C15H20N4O. The maximum atomic E-state index is 10.8. The van der Waals surface area contributed by atoms with Gasteiger partial charge in [-0.25, -0.2) is 4.98 Å². The third-order valence-electron chi connectivity index (χ3n) is 3.07. The van der Waals surface area contributed by atoms with Gasteiger partial charge < -0.3 is 15.6 Å². The van der Waals surface area contributed by atoms with Gasteiger partial charge in [0.05, 0.1) is 25.0 Å². The van der Waals surface area contributed by atoms with Gasteiger partial charge in [-0.1, -0.05) is 19.1 Å². The largest absolute Gasteiger partial charge is 0.379 e. The van der Waals surface area contributed by atoms with Crippen molar-refractivity contribution >= 4 is 11.6 Å². The molecular weight excluding hydrogens is 252 g/mol. The van der Waals surface area contributed by atoms with E-state index in [4.69, 9.17) is 5.73 Å². The van der Waals surface area contributed by atoms with Crippen molar-refractivity contribution < 1.29 is 4.79 Å². The van der Waals surface area contributed by atoms with Gasteiger partial charge in [0, 0.05) is 18.4 Å². The summed E-state index contributed by atoms with van der Waals surface area (Å²) < 4.78 is 2.15. The first-order valence-corrected chi connectivity index (χ1v) is 6.79. The first-order valence-electron chi connectivity index (χ1n) is 6.79. The Labute approximate surface area is 118 Å². The Morgan fingerprint density at radius 1 is 1.35 bits per heavy atom. The van der Waals surface area contributed by atoms with Crippen molar-refractivity contribution in [2.24, 2.45) is 5.73 Å². The lowest BCUT2D eigenvalue weighted by molar-refractivity contribution is -0.117. The minimum atomic E-state index is -0.311. The van der Waals surface area contributed by atoms with Gasteiger partial charge in [-0.3, -0.25) is 4.79 Å². The number of benzene rings is 1. The van der Waals surface area contributed by atoms with E-state index in [9.17, 15) is 4.79 Å². The Hall–Kier alpha value is -2.30. The molecule has 0 unspecified atom stereocenters. The standard InChI is InChI=1S/C15H20N4O/c1-2-7-19-11-17-9-14(19)10-18-13-5-3-12(4-6-13)8-15(16)20/h3-6,9,11,18H,2,7-8,10H2,1H3,(H2,16,20). The predicted molar refractivity (Wildman–Crippen MR) is 79.2 cm³/mol. The van der Waals surface area contributed by atoms with Crippen molar-refractivity contribution in [1.29, 1.82) is 0 Å². The molecule has 0 aliphatic carbocycles. The summed E-state index contributed by atoms with van der Waals surface area (Å²) >= 11 is 0. The number of hydrogen-bond acceptors (Lipinski definition) is 3. The van der Waals surface area contributed by atoms with Crippen LogP contribution in [0.5, 0.6) is 0 Å². The number of nitrogens with zero attached hydrogens (tertiary/aromatic N) is 2. The maximum absolute atomic E-state index is 10.8. The molecule has 0 saturated heterocycles. The molecule has 0 fully saturated rings. The lowest BCUT2D eigenvalue weighted by atomic mass is 10.1. The number of nitrogens with two attached hydrogens (primary N) is 1. The van der Waals surface area contributed by atoms with Crippen molar-refractivity contribution in [2.75, 3.05) is 5.32 Å². The van der Waals surface area contributed by atoms with E-state index in [1.54, 1.807) is 0 Å². The number of imidazole rings is 1. The molecule has 5 nitrogen and oxygen atoms in total. The van der Waals surface area contributed by atoms with Crippen molar-refractivity contribution in [3.63, 3.8) is 0 Å². The van der Waals surface area contributed by atoms with E-state index in [-0.39, 0.29) is 12.3 Å². The zero-order chi connectivity index (χ0) is 14.4. The highest BCUT2D eigenvalue weighted by atomic mass is 16.1. The first kappa shape index (κ1) is 14.1. The minimum Gasteiger partial charge on any atom is -0.379 e. The van der Waals surface area contributed by atoms with E-state index < -0.39 is 0 Å². The van der Waals surface area contributed by atoms with E-state index in [0.717, 1.165) is 36.5 Å². The van der Waals surface area contributed by atoms with Crippen LogP contribution in [-0.4, -0.2) is 15.5 Å². The fraction of sp³-hybridized carbons (Fsp3) is 0.333. The number of anilines is 1. The molecule has 0 radical (unpaired) electrons. The second kappa shape index (κ2) is 6.75. The highest BCUT2D eigenvalue weighted by Gasteiger charge is 2.02. The van der Waals surface area contributed by atoms with Gasteiger partial charge in [0.1, 0.15) is 0 Å². The van der Waals surface area contributed by atoms with E-state index in [1.165, 1.54) is 0 Å². The average Bonchev–Trinajstić information content (AvgIpc) is 2.85. The highest BCUT2D eigenvalue weighted by Crippen LogP contribution is 2.12. The summed E-state index contributed by atoms with van der Waals surface area (Å²) in [4.78, 5) is 15.0. The lowest BCUT2D eigenvalue weighted by Gasteiger charge is -2.09. The molecule has 0 spiro atoms. The molecule has 1 amide bonds. The van der Waals surface area contributed by atoms with Gasteiger partial charge >= 0.3 is 0 Å². The summed E-state index contributed by atoms with van der Waals surface area (Å²) in [5.74, 6) is -0.311. The number of carbonyl (C=O) groups is 1. The predicted octanol–water partition coefficient (Wildman–Crippen LogP) is 1.93. The van der Waals surface area contributed by atoms with E-state index in [1.807, 2.05) is 36.8 Å². The Kier molecular flexibility index (Phi) is 4.76. The Morgan fingerprint density at radius 3 is 2.75 bits per heavy atom. The van der Waals surface area contributed by atoms with E-state index in [2.05, 4.69) is 21.8 Å². The molecule has 0 aliphatic rings. The van der Waals surface area contributed by atoms with Crippen LogP contribution in [0.25, 0.3) is 0 Å². The first-order chi connectivity index (χ1) is 9.69. The number of rotatable bonds is 7. The fourth-order valence-corrected chi connectivity index (χ4v) is 2.07. The molecule has 2 aromatic rings. The summed E-state index contributed by atoms with van der Waals surface area (Å²) in [7, 11) is 0. The minimum absolute atomic E-state index is 0.281. The summed E-state index contributed by atoms with van der Waals surface area (Å²) in [5.41, 5.74) is 8.27. The smallest absolute Gasteiger partial charge is 0.221 e. The summed E-state index contributed by atoms with van der Waals surface area (Å²) in [6.07, 6.45) is 5.11. The van der Waals surface area contributed by atoms with E-state index in [0.29, 0.717) is 0 Å². The number of carbonyl (C=O) groups excluding carboxylic acids is 1. The summed E-state index contributed by atoms with van der Waals surface area (Å²) in [5, 5.41) is 3.35. The molecule has 20 heavy (non-hydrogen) atoms. The summed E-state index contributed by atoms with van der Waals surface area (Å²) in [6.45, 7) is 3.86. The molecule has 0 aliphatic heterocycles. The molecule has 0 bridgehead atoms. The van der Waals surface area contributed by atoms with Crippen LogP contribution in [-0.2, 0) is 24.3 Å². The quantitative estimate of drug-likeness (QED) is 0.809. The van der Waals surface area contributed by atoms with Crippen LogP contribution in [0.3, 0.4) is 0 Å². The van der Waals surface area contributed by atoms with Crippen LogP contribution in [0.4, 0.5) is 5.69 Å². The van der Waals surface area contributed by atoms with Crippen LogP contribution in [0.1, 0.15) is 24.6 Å². The molecule has 3 N–H and O–H groups in total. The highest BCUT2D eigenvalue weighted by molar-refractivity contribution is 5.76. The fourth-order valence-electron chi connectivity index (χ4n) is 2.07. The zero-order valence-electron chi connectivity index (χ0n) is 11.7. The van der Waals surface area contributed by atoms with Crippen molar-refractivity contribution in [3.05, 3.63) is 48.0 Å². The molecule has 1 aromatic carbocycles. The van der Waals surface area contributed by atoms with Crippen LogP contribution in [0, 0.1) is 0 Å². The number of nitrogens with one attached hydrogen (secondary N) is 1. The molecule has 1 aromatic heterocycles. The van der Waals surface area contributed by atoms with Crippen LogP contribution in [0.2, 0.25) is 0 Å². The Balaban J connectivity index is 1.93. The van der Waals surface area contributed by atoms with Crippen molar-refractivity contribution in [2.45, 2.75) is 32.9 Å². The maximum Gasteiger partial charge on any atom is 0.221 e. The molecule has 1 heterocycles. The van der Waals surface area contributed by atoms with Crippen LogP contribution in [0.15, 0.2) is 36.8 Å². The topological polar surface area (TPSA) is 72.9 Å². The van der Waals surface area contributed by atoms with Crippen LogP contribution < -0.4 is 11.1 Å². The number of hydrogen-bond donors (Lipinski definition) is 2. The normalized spacial score (nSPS) is 10.4. The van der Waals surface area contributed by atoms with Gasteiger partial charge in [-0.05, 0) is 24.1 Å². The van der Waals surface area contributed by atoms with Gasteiger partial charge in [0.25, 0.3) is 0 Å². The number of aryl methyl sites for hydroxylation is 1. The zero-order valence-corrected chi connectivity index (χ0v) is 11.7. The van der Waals surface area contributed by atoms with Gasteiger partial charge in [-0.2, -0.15) is 0 Å². The molecule has 0 atom stereocenters. The van der Waals surface area contributed by atoms with Gasteiger partial charge in [0.15, 0.2) is 0 Å². The van der Waals surface area contributed by atoms with Gasteiger partial charge in [-0.15, -0.1) is 0 Å². The Morgan fingerprint density at radius 2 is 2.10 bits per heavy atom. The number of amides is 1. The second-order valence-electron chi connectivity index (χ2n) is 4.77. The average molecular weight is 272 g/mol. The van der Waals surface area contributed by atoms with E-state index >= 15 is 0 Å². The summed E-state index contributed by atoms with van der Waals surface area (Å²) in [6, 6.07) is 7.74. The third kappa shape index (κ3) is 3.85. The van der Waals surface area contributed by atoms with Gasteiger partial charge in [0.2, 0.25) is 5.91 Å². The van der Waals surface area contributed by atoms with Crippen molar-refractivity contribution in [3.8, 4) is 0 Å². The SMILES string of the molecule is CCCn1cncc1CNc1ccc(CC(N)=O)cc1.